The van der Waals surface area contributed by atoms with Crippen molar-refractivity contribution in [2.45, 2.75) is 24.7 Å². The summed E-state index contributed by atoms with van der Waals surface area (Å²) < 4.78 is 25.1. The fraction of sp³-hybridized carbons (Fsp3) is 0.500. The number of halogens is 3. The first kappa shape index (κ1) is 15.2. The molecular weight excluding hydrogens is 288 g/mol. The lowest BCUT2D eigenvalue weighted by Crippen LogP contribution is -2.43. The van der Waals surface area contributed by atoms with Crippen molar-refractivity contribution in [1.82, 2.24) is 4.90 Å². The Morgan fingerprint density at radius 3 is 2.40 bits per heavy atom. The molecule has 0 heterocycles. The molecule has 3 nitrogen and oxygen atoms in total. The van der Waals surface area contributed by atoms with Gasteiger partial charge < -0.3 is 10.0 Å². The van der Waals surface area contributed by atoms with E-state index in [1.54, 1.807) is 24.3 Å². The number of aliphatic hydroxyl groups is 1. The predicted octanol–water partition coefficient (Wildman–Crippen LogP) is 2.46. The van der Waals surface area contributed by atoms with Crippen molar-refractivity contribution >= 4 is 17.5 Å². The highest BCUT2D eigenvalue weighted by Gasteiger charge is 2.53. The van der Waals surface area contributed by atoms with Gasteiger partial charge in [-0.25, -0.2) is 8.78 Å². The molecule has 0 aromatic heterocycles. The summed E-state index contributed by atoms with van der Waals surface area (Å²) in [5, 5.41) is 9.50. The number of rotatable bonds is 6. The molecular formula is C14H16ClF2NO2. The number of carbonyl (C=O) groups excluding carboxylic acids is 1. The van der Waals surface area contributed by atoms with Gasteiger partial charge in [0.25, 0.3) is 6.43 Å². The first-order valence-corrected chi connectivity index (χ1v) is 6.82. The maximum absolute atomic E-state index is 12.5. The molecule has 2 rings (SSSR count). The van der Waals surface area contributed by atoms with E-state index in [4.69, 9.17) is 16.7 Å². The second-order valence-electron chi connectivity index (χ2n) is 4.95. The normalized spacial score (nSPS) is 16.2. The Kier molecular flexibility index (Phi) is 4.60. The van der Waals surface area contributed by atoms with Crippen LogP contribution < -0.4 is 0 Å². The Labute approximate surface area is 121 Å². The minimum atomic E-state index is -2.61. The molecule has 0 atom stereocenters. The smallest absolute Gasteiger partial charge is 0.255 e. The van der Waals surface area contributed by atoms with Crippen molar-refractivity contribution in [3.8, 4) is 0 Å². The summed E-state index contributed by atoms with van der Waals surface area (Å²) in [5.74, 6) is -0.339. The van der Waals surface area contributed by atoms with Gasteiger partial charge in [-0.15, -0.1) is 0 Å². The minimum absolute atomic E-state index is 0.0709. The van der Waals surface area contributed by atoms with E-state index in [1.165, 1.54) is 0 Å². The van der Waals surface area contributed by atoms with E-state index in [0.717, 1.165) is 10.5 Å². The van der Waals surface area contributed by atoms with Gasteiger partial charge in [0.1, 0.15) is 0 Å². The van der Waals surface area contributed by atoms with E-state index < -0.39 is 18.4 Å². The standard InChI is InChI=1S/C14H16ClF2NO2/c15-11-3-1-10(2-4-11)14(5-6-14)13(20)18(7-8-19)9-12(16)17/h1-4,12,19H,5-9H2. The Morgan fingerprint density at radius 2 is 1.95 bits per heavy atom. The van der Waals surface area contributed by atoms with Gasteiger partial charge in [-0.2, -0.15) is 0 Å². The number of alkyl halides is 2. The van der Waals surface area contributed by atoms with Crippen LogP contribution in [0.4, 0.5) is 8.78 Å². The Morgan fingerprint density at radius 1 is 1.35 bits per heavy atom. The number of hydrogen-bond acceptors (Lipinski definition) is 2. The molecule has 1 aromatic carbocycles. The van der Waals surface area contributed by atoms with E-state index in [0.29, 0.717) is 17.9 Å². The Hall–Kier alpha value is -1.20. The molecule has 110 valence electrons. The SMILES string of the molecule is O=C(N(CCO)CC(F)F)C1(c2ccc(Cl)cc2)CC1. The average molecular weight is 304 g/mol. The zero-order chi connectivity index (χ0) is 14.8. The van der Waals surface area contributed by atoms with Crippen LogP contribution in [0.15, 0.2) is 24.3 Å². The predicted molar refractivity (Wildman–Crippen MR) is 72.0 cm³/mol. The van der Waals surface area contributed by atoms with Crippen LogP contribution in [0.25, 0.3) is 0 Å². The first-order chi connectivity index (χ1) is 9.49. The third kappa shape index (κ3) is 3.10. The second-order valence-corrected chi connectivity index (χ2v) is 5.39. The molecule has 1 N–H and O–H groups in total. The van der Waals surface area contributed by atoms with Crippen molar-refractivity contribution in [2.75, 3.05) is 19.7 Å². The highest BCUT2D eigenvalue weighted by molar-refractivity contribution is 6.30. The number of carbonyl (C=O) groups is 1. The molecule has 1 fully saturated rings. The Bertz CT molecular complexity index is 475. The summed E-state index contributed by atoms with van der Waals surface area (Å²) in [6.45, 7) is -1.04. The van der Waals surface area contributed by atoms with Crippen LogP contribution >= 0.6 is 11.6 Å². The quantitative estimate of drug-likeness (QED) is 0.877. The van der Waals surface area contributed by atoms with Crippen molar-refractivity contribution in [1.29, 1.82) is 0 Å². The lowest BCUT2D eigenvalue weighted by Gasteiger charge is -2.26. The third-order valence-corrected chi connectivity index (χ3v) is 3.82. The van der Waals surface area contributed by atoms with Crippen LogP contribution in [0.2, 0.25) is 5.02 Å². The summed E-state index contributed by atoms with van der Waals surface area (Å²) in [7, 11) is 0. The van der Waals surface area contributed by atoms with Crippen LogP contribution in [0.1, 0.15) is 18.4 Å². The van der Waals surface area contributed by atoms with Crippen molar-refractivity contribution in [3.05, 3.63) is 34.9 Å². The van der Waals surface area contributed by atoms with Crippen LogP contribution in [0.3, 0.4) is 0 Å². The van der Waals surface area contributed by atoms with E-state index in [1.807, 2.05) is 0 Å². The highest BCUT2D eigenvalue weighted by atomic mass is 35.5. The van der Waals surface area contributed by atoms with Crippen molar-refractivity contribution in [3.63, 3.8) is 0 Å². The van der Waals surface area contributed by atoms with Gasteiger partial charge in [0.2, 0.25) is 5.91 Å². The maximum Gasteiger partial charge on any atom is 0.255 e. The summed E-state index contributed by atoms with van der Waals surface area (Å²) in [5.41, 5.74) is 0.0818. The molecule has 0 spiro atoms. The Balaban J connectivity index is 2.19. The molecule has 1 amide bonds. The van der Waals surface area contributed by atoms with E-state index in [2.05, 4.69) is 0 Å². The van der Waals surface area contributed by atoms with E-state index in [9.17, 15) is 13.6 Å². The largest absolute Gasteiger partial charge is 0.395 e. The second kappa shape index (κ2) is 6.06. The van der Waals surface area contributed by atoms with Crippen LogP contribution in [0.5, 0.6) is 0 Å². The number of hydrogen-bond donors (Lipinski definition) is 1. The van der Waals surface area contributed by atoms with Crippen LogP contribution in [-0.4, -0.2) is 42.0 Å². The molecule has 1 saturated carbocycles. The fourth-order valence-electron chi connectivity index (χ4n) is 2.39. The number of aliphatic hydroxyl groups excluding tert-OH is 1. The van der Waals surface area contributed by atoms with Crippen LogP contribution in [0, 0.1) is 0 Å². The lowest BCUT2D eigenvalue weighted by atomic mass is 9.94. The van der Waals surface area contributed by atoms with Gasteiger partial charge in [0.05, 0.1) is 18.6 Å². The maximum atomic E-state index is 12.5. The van der Waals surface area contributed by atoms with Crippen molar-refractivity contribution in [2.24, 2.45) is 0 Å². The summed E-state index contributed by atoms with van der Waals surface area (Å²) in [6, 6.07) is 6.89. The molecule has 1 aromatic rings. The lowest BCUT2D eigenvalue weighted by molar-refractivity contribution is -0.136. The molecule has 1 aliphatic carbocycles. The van der Waals surface area contributed by atoms with E-state index >= 15 is 0 Å². The molecule has 0 bridgehead atoms. The third-order valence-electron chi connectivity index (χ3n) is 3.57. The van der Waals surface area contributed by atoms with E-state index in [-0.39, 0.29) is 19.1 Å². The summed E-state index contributed by atoms with van der Waals surface area (Å²) >= 11 is 5.82. The molecule has 20 heavy (non-hydrogen) atoms. The zero-order valence-corrected chi connectivity index (χ0v) is 11.6. The van der Waals surface area contributed by atoms with Gasteiger partial charge in [-0.05, 0) is 30.5 Å². The number of amides is 1. The van der Waals surface area contributed by atoms with Gasteiger partial charge in [0.15, 0.2) is 0 Å². The molecule has 0 unspecified atom stereocenters. The van der Waals surface area contributed by atoms with Gasteiger partial charge in [0, 0.05) is 11.6 Å². The summed E-state index contributed by atoms with van der Waals surface area (Å²) in [6.07, 6.45) is -1.33. The highest BCUT2D eigenvalue weighted by Crippen LogP contribution is 2.49. The van der Waals surface area contributed by atoms with Crippen LogP contribution in [-0.2, 0) is 10.2 Å². The molecule has 0 saturated heterocycles. The molecule has 6 heteroatoms. The molecule has 1 aliphatic rings. The zero-order valence-electron chi connectivity index (χ0n) is 10.9. The molecule has 0 aliphatic heterocycles. The topological polar surface area (TPSA) is 40.5 Å². The van der Waals surface area contributed by atoms with Gasteiger partial charge in [-0.3, -0.25) is 4.79 Å². The minimum Gasteiger partial charge on any atom is -0.395 e. The van der Waals surface area contributed by atoms with Gasteiger partial charge >= 0.3 is 0 Å². The fourth-order valence-corrected chi connectivity index (χ4v) is 2.51. The van der Waals surface area contributed by atoms with Crippen molar-refractivity contribution < 1.29 is 18.7 Å². The average Bonchev–Trinajstić information content (AvgIpc) is 3.19. The number of nitrogens with zero attached hydrogens (tertiary/aromatic N) is 1. The molecule has 0 radical (unpaired) electrons. The summed E-state index contributed by atoms with van der Waals surface area (Å²) in [4.78, 5) is 13.5. The van der Waals surface area contributed by atoms with Gasteiger partial charge in [-0.1, -0.05) is 23.7 Å². The monoisotopic (exact) mass is 303 g/mol. The first-order valence-electron chi connectivity index (χ1n) is 6.44. The number of benzene rings is 1.